The number of aromatic nitrogens is 1. The Bertz CT molecular complexity index is 2720. The van der Waals surface area contributed by atoms with Gasteiger partial charge in [-0.3, -0.25) is 43.3 Å². The number of hydrogen-bond acceptors (Lipinski definition) is 16. The first-order valence-corrected chi connectivity index (χ1v) is 31.1. The number of urea groups is 1. The van der Waals surface area contributed by atoms with Crippen molar-refractivity contribution in [2.24, 2.45) is 41.2 Å². The molecular weight excluding hydrogens is 1150 g/mol. The highest BCUT2D eigenvalue weighted by molar-refractivity contribution is 7.09. The van der Waals surface area contributed by atoms with Crippen molar-refractivity contribution in [2.75, 3.05) is 53.3 Å². The number of methoxy groups -OCH3 is 2. The van der Waals surface area contributed by atoms with Crippen molar-refractivity contribution in [2.45, 2.75) is 168 Å². The third-order valence-electron chi connectivity index (χ3n) is 16.1. The van der Waals surface area contributed by atoms with Gasteiger partial charge in [0.2, 0.25) is 41.4 Å². The van der Waals surface area contributed by atoms with E-state index in [0.29, 0.717) is 43.5 Å². The van der Waals surface area contributed by atoms with Gasteiger partial charge in [-0.1, -0.05) is 111 Å². The maximum Gasteiger partial charge on any atom is 0.410 e. The van der Waals surface area contributed by atoms with Crippen LogP contribution in [0.3, 0.4) is 0 Å². The van der Waals surface area contributed by atoms with Crippen molar-refractivity contribution in [1.82, 2.24) is 46.3 Å². The number of thiazole rings is 1. The van der Waals surface area contributed by atoms with Crippen LogP contribution < -0.4 is 43.5 Å². The number of benzene rings is 2. The third-order valence-corrected chi connectivity index (χ3v) is 17.0. The summed E-state index contributed by atoms with van der Waals surface area (Å²) in [7, 11) is 6.16. The molecule has 11 unspecified atom stereocenters. The molecule has 2 aromatic carbocycles. The van der Waals surface area contributed by atoms with Gasteiger partial charge in [0.1, 0.15) is 42.4 Å². The first-order valence-electron chi connectivity index (χ1n) is 30.2. The molecule has 1 saturated heterocycles. The first kappa shape index (κ1) is 73.2. The fourth-order valence-corrected chi connectivity index (χ4v) is 11.8. The quantitative estimate of drug-likeness (QED) is 0.0290. The number of ether oxygens (including phenoxy) is 3. The molecule has 0 radical (unpaired) electrons. The Labute approximate surface area is 522 Å². The van der Waals surface area contributed by atoms with E-state index in [1.807, 2.05) is 70.3 Å². The Hall–Kier alpha value is -7.26. The van der Waals surface area contributed by atoms with E-state index in [4.69, 9.17) is 25.8 Å². The Kier molecular flexibility index (Phi) is 30.2. The SMILES string of the molecule is CCC(C)C(C(CC(=O)N1CCCC1C(OC)C(C)C(=O)NC(Cc1ccccc1)c1nccs1)OC)N(C)C(=O)C(NC(=O)C(C(C)C)N(C)C(=O)OCc1ccc(NC(=O)C(CCCNC(N)=O)NC(=O)C(NC(=O)CON)C(C)C)cc1)C(C)C. The molecule has 0 saturated carbocycles. The number of likely N-dealkylation sites (N-methyl/N-ethyl adjacent to an activating group) is 2. The average molecular weight is 1250 g/mol. The van der Waals surface area contributed by atoms with Crippen LogP contribution in [0, 0.1) is 29.6 Å². The van der Waals surface area contributed by atoms with Crippen LogP contribution in [0.15, 0.2) is 66.2 Å². The maximum absolute atomic E-state index is 14.8. The van der Waals surface area contributed by atoms with Crippen LogP contribution >= 0.6 is 11.3 Å². The number of amides is 10. The van der Waals surface area contributed by atoms with Crippen LogP contribution in [0.25, 0.3) is 0 Å². The predicted octanol–water partition coefficient (Wildman–Crippen LogP) is 4.80. The van der Waals surface area contributed by atoms with Gasteiger partial charge in [0, 0.05) is 58.7 Å². The Morgan fingerprint density at radius 2 is 1.44 bits per heavy atom. The van der Waals surface area contributed by atoms with Crippen molar-refractivity contribution >= 4 is 70.5 Å². The Morgan fingerprint density at radius 3 is 2.01 bits per heavy atom. The Morgan fingerprint density at radius 1 is 0.773 bits per heavy atom. The van der Waals surface area contributed by atoms with Gasteiger partial charge in [0.05, 0.1) is 42.7 Å². The summed E-state index contributed by atoms with van der Waals surface area (Å²) in [5.41, 5.74) is 7.13. The van der Waals surface area contributed by atoms with Crippen LogP contribution in [-0.4, -0.2) is 170 Å². The highest BCUT2D eigenvalue weighted by atomic mass is 32.1. The summed E-state index contributed by atoms with van der Waals surface area (Å²) < 4.78 is 17.9. The number of hydrogen-bond donors (Lipinski definition) is 8. The molecule has 488 valence electrons. The molecule has 88 heavy (non-hydrogen) atoms. The standard InChI is InChI=1S/C62H96N12O13S/c1-14-39(8)53(47(84-12)33-49(76)74-30-19-23-46(74)54(85-13)40(9)55(77)69-45(59-65-29-31-88-59)32-41-20-16-15-17-21-41)72(10)60(81)51(37(4)5)71-58(80)52(38(6)7)73(11)62(83)86-34-42-24-26-43(27-25-42)67-56(78)44(22-18-28-66-61(63)82)68-57(79)50(36(2)3)70-48(75)35-87-64/h15-17,20-21,24-27,29,31,36-40,44-47,50-54H,14,18-19,22-23,28,30,32-35,64H2,1-13H3,(H,67,78)(H,68,79)(H,69,77)(H,70,75)(H,71,80)(H3,63,66,82). The largest absolute Gasteiger partial charge is 0.445 e. The second kappa shape index (κ2) is 36.3. The zero-order valence-corrected chi connectivity index (χ0v) is 54.2. The molecule has 25 nitrogen and oxygen atoms in total. The lowest BCUT2D eigenvalue weighted by atomic mass is 9.89. The van der Waals surface area contributed by atoms with Gasteiger partial charge in [0.15, 0.2) is 0 Å². The highest BCUT2D eigenvalue weighted by Crippen LogP contribution is 2.31. The maximum atomic E-state index is 14.8. The number of anilines is 1. The third kappa shape index (κ3) is 21.5. The molecule has 11 atom stereocenters. The molecule has 0 bridgehead atoms. The lowest BCUT2D eigenvalue weighted by molar-refractivity contribution is -0.148. The van der Waals surface area contributed by atoms with E-state index in [2.05, 4.69) is 41.7 Å². The summed E-state index contributed by atoms with van der Waals surface area (Å²) in [6, 6.07) is 9.90. The number of likely N-dealkylation sites (tertiary alicyclic amines) is 1. The number of carbonyl (C=O) groups excluding carboxylic acids is 9. The van der Waals surface area contributed by atoms with E-state index in [1.165, 1.54) is 30.4 Å². The molecule has 0 spiro atoms. The molecule has 4 rings (SSSR count). The zero-order valence-electron chi connectivity index (χ0n) is 53.4. The van der Waals surface area contributed by atoms with E-state index in [-0.39, 0.29) is 62.1 Å². The second-order valence-electron chi connectivity index (χ2n) is 23.6. The summed E-state index contributed by atoms with van der Waals surface area (Å²) in [5.74, 6) is -0.250. The van der Waals surface area contributed by atoms with Crippen molar-refractivity contribution in [3.05, 3.63) is 82.3 Å². The van der Waals surface area contributed by atoms with E-state index in [0.717, 1.165) is 10.6 Å². The first-order chi connectivity index (χ1) is 41.8. The van der Waals surface area contributed by atoms with Gasteiger partial charge < -0.3 is 61.6 Å². The highest BCUT2D eigenvalue weighted by Gasteiger charge is 2.44. The molecule has 10 N–H and O–H groups in total. The van der Waals surface area contributed by atoms with Gasteiger partial charge in [0.25, 0.3) is 0 Å². The minimum absolute atomic E-state index is 0.0697. The van der Waals surface area contributed by atoms with Gasteiger partial charge in [-0.25, -0.2) is 20.5 Å². The molecule has 1 aromatic heterocycles. The fraction of sp³-hybridized carbons (Fsp3) is 0.613. The van der Waals surface area contributed by atoms with Crippen molar-refractivity contribution in [3.63, 3.8) is 0 Å². The van der Waals surface area contributed by atoms with Gasteiger partial charge in [-0.2, -0.15) is 0 Å². The molecule has 26 heteroatoms. The summed E-state index contributed by atoms with van der Waals surface area (Å²) in [4.78, 5) is 136. The molecule has 10 amide bonds. The number of nitrogens with two attached hydrogens (primary N) is 2. The summed E-state index contributed by atoms with van der Waals surface area (Å²) in [6.45, 7) is 16.3. The van der Waals surface area contributed by atoms with E-state index < -0.39 is 114 Å². The summed E-state index contributed by atoms with van der Waals surface area (Å²) in [5, 5.41) is 19.3. The van der Waals surface area contributed by atoms with Crippen molar-refractivity contribution < 1.29 is 62.2 Å². The fourth-order valence-electron chi connectivity index (χ4n) is 11.1. The van der Waals surface area contributed by atoms with Crippen LogP contribution in [-0.2, 0) is 65.6 Å². The molecule has 0 aliphatic carbocycles. The van der Waals surface area contributed by atoms with Gasteiger partial charge in [-0.15, -0.1) is 11.3 Å². The smallest absolute Gasteiger partial charge is 0.410 e. The topological polar surface area (TPSA) is 337 Å². The van der Waals surface area contributed by atoms with E-state index in [9.17, 15) is 43.2 Å². The van der Waals surface area contributed by atoms with Crippen molar-refractivity contribution in [3.8, 4) is 0 Å². The second-order valence-corrected chi connectivity index (χ2v) is 24.5. The van der Waals surface area contributed by atoms with Crippen molar-refractivity contribution in [1.29, 1.82) is 0 Å². The number of primary amides is 1. The molecule has 1 fully saturated rings. The van der Waals surface area contributed by atoms with Gasteiger partial charge >= 0.3 is 12.1 Å². The molecular formula is C62H96N12O13S. The molecule has 1 aliphatic heterocycles. The molecule has 3 aromatic rings. The van der Waals surface area contributed by atoms with E-state index in [1.54, 1.807) is 82.1 Å². The summed E-state index contributed by atoms with van der Waals surface area (Å²) in [6.07, 6.45) is 2.32. The normalized spacial score (nSPS) is 16.6. The number of nitrogens with one attached hydrogen (secondary N) is 6. The number of rotatable bonds is 35. The average Bonchev–Trinajstić information content (AvgIpc) is 2.41. The van der Waals surface area contributed by atoms with Crippen LogP contribution in [0.2, 0.25) is 0 Å². The van der Waals surface area contributed by atoms with Crippen LogP contribution in [0.4, 0.5) is 15.3 Å². The molecule has 1 aliphatic rings. The lowest BCUT2D eigenvalue weighted by Crippen LogP contribution is -2.60. The Balaban J connectivity index is 1.42. The minimum Gasteiger partial charge on any atom is -0.445 e. The zero-order chi connectivity index (χ0) is 65.4. The monoisotopic (exact) mass is 1250 g/mol. The number of nitrogens with zero attached hydrogens (tertiary/aromatic N) is 4. The minimum atomic E-state index is -1.10. The summed E-state index contributed by atoms with van der Waals surface area (Å²) >= 11 is 1.47. The van der Waals surface area contributed by atoms with Gasteiger partial charge in [-0.05, 0) is 79.0 Å². The van der Waals surface area contributed by atoms with Crippen LogP contribution in [0.1, 0.15) is 123 Å². The number of carbonyl (C=O) groups is 9. The van der Waals surface area contributed by atoms with E-state index >= 15 is 0 Å². The molecule has 2 heterocycles. The lowest BCUT2D eigenvalue weighted by Gasteiger charge is -2.41. The predicted molar refractivity (Wildman–Crippen MR) is 333 cm³/mol. The van der Waals surface area contributed by atoms with Crippen LogP contribution in [0.5, 0.6) is 0 Å².